The third kappa shape index (κ3) is 16.5. The number of fused-ring (bicyclic) bond motifs is 6. The maximum atomic E-state index is 11.8. The maximum Gasteiger partial charge on any atom is 0.261 e. The zero-order valence-corrected chi connectivity index (χ0v) is 72.0. The quantitative estimate of drug-likeness (QED) is 0.0376. The number of terminal acetylenes is 6. The molecule has 6 aliphatic heterocycles. The van der Waals surface area contributed by atoms with E-state index >= 15 is 0 Å². The van der Waals surface area contributed by atoms with Crippen molar-refractivity contribution in [3.05, 3.63) is 90.7 Å². The number of aromatic nitrogens is 21. The number of hydrogen-bond donors (Lipinski definition) is 26. The summed E-state index contributed by atoms with van der Waals surface area (Å²) in [6, 6.07) is 8.71. The van der Waals surface area contributed by atoms with E-state index in [-0.39, 0.29) is 57.7 Å². The first-order valence-electron chi connectivity index (χ1n) is 41.4. The molecule has 55 nitrogen and oxygen atoms in total. The Morgan fingerprint density at radius 3 is 1.28 bits per heavy atom. The number of nitriles is 1. The lowest BCUT2D eigenvalue weighted by molar-refractivity contribution is -0.101. The smallest absolute Gasteiger partial charge is 0.261 e. The highest BCUT2D eigenvalue weighted by Crippen LogP contribution is 2.48. The van der Waals surface area contributed by atoms with Crippen LogP contribution in [-0.4, -0.2) is 360 Å². The second kappa shape index (κ2) is 37.9. The van der Waals surface area contributed by atoms with E-state index in [9.17, 15) is 102 Å². The molecule has 18 heterocycles. The van der Waals surface area contributed by atoms with Gasteiger partial charge in [-0.05, 0) is 49.9 Å². The van der Waals surface area contributed by atoms with Crippen LogP contribution in [0.2, 0.25) is 0 Å². The average Bonchev–Trinajstić information content (AvgIpc) is 1.56. The van der Waals surface area contributed by atoms with Crippen molar-refractivity contribution >= 4 is 102 Å². The summed E-state index contributed by atoms with van der Waals surface area (Å²) in [7, 11) is 1.40. The summed E-state index contributed by atoms with van der Waals surface area (Å²) >= 11 is 0. The fourth-order valence-electron chi connectivity index (χ4n) is 16.2. The summed E-state index contributed by atoms with van der Waals surface area (Å²) < 4.78 is 46.8. The molecule has 12 aromatic heterocycles. The number of aliphatic hydroxyl groups is 18. The number of nitrogen functional groups attached to an aromatic ring is 5. The number of nitrogens with two attached hydrogens (primary N) is 5. The van der Waals surface area contributed by atoms with Crippen LogP contribution in [0, 0.1) is 85.4 Å². The monoisotopic (exact) mass is 1910 g/mol. The van der Waals surface area contributed by atoms with Crippen LogP contribution in [0.1, 0.15) is 62.5 Å². The summed E-state index contributed by atoms with van der Waals surface area (Å²) in [5.74, 6) is 14.7. The Labute approximate surface area is 775 Å². The zero-order chi connectivity index (χ0) is 99.5. The molecule has 0 aromatic carbocycles. The van der Waals surface area contributed by atoms with Crippen LogP contribution in [0.5, 0.6) is 5.88 Å². The van der Waals surface area contributed by atoms with Crippen molar-refractivity contribution in [3.8, 4) is 86.0 Å². The van der Waals surface area contributed by atoms with E-state index in [4.69, 9.17) is 100 Å². The molecular weight excluding hydrogens is 1820 g/mol. The molecular formula is C83H91N29O26. The first-order chi connectivity index (χ1) is 66.0. The van der Waals surface area contributed by atoms with Gasteiger partial charge in [-0.3, -0.25) is 23.5 Å². The standard InChI is InChI=1S/C15H18N6O4.C15H17N5O4.C14H13N5O4.C13H15N5O5.C13H14N4O5.C13H14N4O4/c1-2-15(5-22)10(24)9(23)13(25-15)21-6-17-8-11(18-7-3-4-7)19-14(16)20-12(8)21;1-2-15(5-21)11(23)10(22)14(24-15)20-7-18-9-12(19-8-3-4-8)16-6-17-13(9)20;1-2-13(6-20)10(21)11(22)14(5-15,23-13)9-4-3-8-12(16)17-7-18-19(8)9;1-3-13(4-19)8(21)7(20)11(23-13)18-5-15-6-9(18)16-12(14)17-10(6)22-2;1-2-13(5-18)8(20)7(19)11(22-13)17-4-3-6-9(17)15-12(14)16-10(6)21;1-2-13(5-18)9(20)8(19)12(21-13)17-4-3-7-10(14)15-6-16-11(7)17/h1,6-7,9-10,13,22-24H,3-5H2,(H3,16,18,19,20);1,6-8,10-11,14,21-23H,3-5H2,(H,16,17,19);1,3-4,7,10-11,20-22H,6H2,(H2,16,17,18);1,5,7-8,11,19-21H,4H2,2H3,(H2,14,16,17);1,3-4,7-8,11,18-20H,5H2,(H3,14,15,16,21);1,3-4,6,8-9,12,18-20H,5H2,(H2,14,15,16)/t9?,10-,13-,15-;10?,11-,14-,15-;10-,11?,13-,14+;2*7?,8-,11-,13-;8?,9-,12-,13-/m111111/s1. The Kier molecular flexibility index (Phi) is 27.0. The largest absolute Gasteiger partial charge is 0.479 e. The van der Waals surface area contributed by atoms with Crippen LogP contribution in [-0.2, 0) is 34.0 Å². The van der Waals surface area contributed by atoms with Crippen LogP contribution in [0.25, 0.3) is 61.1 Å². The molecule has 0 radical (unpaired) electrons. The van der Waals surface area contributed by atoms with E-state index in [0.29, 0.717) is 68.1 Å². The molecule has 0 bridgehead atoms. The number of aliphatic hydroxyl groups excluding tert-OH is 18. The Hall–Kier alpha value is -14.4. The number of hydrogen-bond acceptors (Lipinski definition) is 48. The van der Waals surface area contributed by atoms with Gasteiger partial charge in [0.2, 0.25) is 29.3 Å². The zero-order valence-electron chi connectivity index (χ0n) is 72.0. The van der Waals surface area contributed by atoms with E-state index in [1.165, 1.54) is 90.8 Å². The van der Waals surface area contributed by atoms with Crippen molar-refractivity contribution in [2.24, 2.45) is 0 Å². The Morgan fingerprint density at radius 2 is 0.841 bits per heavy atom. The van der Waals surface area contributed by atoms with Gasteiger partial charge in [-0.15, -0.1) is 38.5 Å². The van der Waals surface area contributed by atoms with Crippen LogP contribution in [0.3, 0.4) is 0 Å². The van der Waals surface area contributed by atoms with Crippen LogP contribution >= 0.6 is 0 Å². The second-order valence-electron chi connectivity index (χ2n) is 32.6. The lowest BCUT2D eigenvalue weighted by Gasteiger charge is -2.26. The van der Waals surface area contributed by atoms with Crippen molar-refractivity contribution in [3.63, 3.8) is 0 Å². The third-order valence-electron chi connectivity index (χ3n) is 24.3. The predicted molar refractivity (Wildman–Crippen MR) is 472 cm³/mol. The highest BCUT2D eigenvalue weighted by Gasteiger charge is 2.65. The number of anilines is 7. The third-order valence-corrected chi connectivity index (χ3v) is 24.3. The molecule has 724 valence electrons. The molecule has 20 rings (SSSR count). The molecule has 0 amide bonds. The van der Waals surface area contributed by atoms with Crippen molar-refractivity contribution < 1.29 is 125 Å². The molecule has 0 spiro atoms. The van der Waals surface area contributed by atoms with Crippen LogP contribution in [0.15, 0.2) is 79.4 Å². The maximum absolute atomic E-state index is 11.8. The van der Waals surface area contributed by atoms with Crippen molar-refractivity contribution in [1.29, 1.82) is 5.26 Å². The normalized spacial score (nSPS) is 32.1. The fourth-order valence-corrected chi connectivity index (χ4v) is 16.2. The number of ether oxygens (including phenoxy) is 7. The number of aromatic amines is 1. The van der Waals surface area contributed by atoms with E-state index in [1.807, 2.05) is 6.07 Å². The average molecular weight is 1910 g/mol. The van der Waals surface area contributed by atoms with Gasteiger partial charge in [-0.25, -0.2) is 44.4 Å². The summed E-state index contributed by atoms with van der Waals surface area (Å²) in [6.07, 6.45) is 24.6. The Bertz CT molecular complexity index is 6960. The van der Waals surface area contributed by atoms with Gasteiger partial charge in [-0.1, -0.05) is 35.5 Å². The van der Waals surface area contributed by atoms with Gasteiger partial charge < -0.3 is 174 Å². The highest BCUT2D eigenvalue weighted by molar-refractivity contribution is 5.87. The van der Waals surface area contributed by atoms with Gasteiger partial charge >= 0.3 is 0 Å². The van der Waals surface area contributed by atoms with Gasteiger partial charge in [0.15, 0.2) is 121 Å². The van der Waals surface area contributed by atoms with Crippen molar-refractivity contribution in [2.45, 2.75) is 181 Å². The molecule has 138 heavy (non-hydrogen) atoms. The minimum absolute atomic E-state index is 0.0378. The lowest BCUT2D eigenvalue weighted by Crippen LogP contribution is -2.45. The molecule has 6 unspecified atom stereocenters. The van der Waals surface area contributed by atoms with E-state index in [1.54, 1.807) is 18.3 Å². The predicted octanol–water partition coefficient (Wildman–Crippen LogP) is -9.66. The molecule has 12 aromatic rings. The first kappa shape index (κ1) is 98.1. The topological polar surface area (TPSA) is 849 Å². The number of methoxy groups -OCH3 is 1. The first-order valence-corrected chi connectivity index (χ1v) is 41.4. The highest BCUT2D eigenvalue weighted by atomic mass is 16.6. The molecule has 24 atom stereocenters. The number of rotatable bonds is 17. The minimum Gasteiger partial charge on any atom is -0.479 e. The van der Waals surface area contributed by atoms with Crippen LogP contribution < -0.4 is 49.6 Å². The number of H-pyrrole nitrogens is 1. The molecule has 2 saturated carbocycles. The number of nitrogens with zero attached hydrogens (tertiary/aromatic N) is 21. The Balaban J connectivity index is 0.000000126. The molecule has 55 heteroatoms. The number of imidazole rings is 3. The Morgan fingerprint density at radius 1 is 0.442 bits per heavy atom. The van der Waals surface area contributed by atoms with E-state index in [2.05, 4.69) is 121 Å². The van der Waals surface area contributed by atoms with Crippen molar-refractivity contribution in [1.82, 2.24) is 102 Å². The summed E-state index contributed by atoms with van der Waals surface area (Å²) in [5, 5.41) is 200. The van der Waals surface area contributed by atoms with E-state index in [0.717, 1.165) is 25.7 Å². The summed E-state index contributed by atoms with van der Waals surface area (Å²) in [5.41, 5.74) is 19.0. The SMILES string of the molecule is C#C[C@]1(CO)O[C@@H](n2ccc3c(=O)[nH]c(N)nc32)C(O)[C@H]1O.C#C[C@]1(CO)O[C@@H](n2ccc3c(N)ncnc32)C(O)[C@H]1O.C#C[C@]1(CO)O[C@@H](n2cnc3c(NC4CC4)nc(N)nc32)C(O)[C@H]1O.C#C[C@]1(CO)O[C@@H](n2cnc3c(NC4CC4)ncnc32)C(O)[C@H]1O.C#C[C@]1(CO)O[C@@H](n2cnc3c(OC)nc(N)nc32)C(O)[C@H]1O.C#C[C@]1(CO)O[C@@](C#N)(c2ccc3c(N)ncnn23)C(O)[C@H]1O. The van der Waals surface area contributed by atoms with Crippen molar-refractivity contribution in [2.75, 3.05) is 86.1 Å². The summed E-state index contributed by atoms with van der Waals surface area (Å²) in [6.45, 7) is -3.98. The van der Waals surface area contributed by atoms with Gasteiger partial charge in [0, 0.05) is 24.5 Å². The van der Waals surface area contributed by atoms with Gasteiger partial charge in [0.1, 0.15) is 115 Å². The molecule has 8 aliphatic rings. The second-order valence-corrected chi connectivity index (χ2v) is 32.6. The van der Waals surface area contributed by atoms with Crippen LogP contribution in [0.4, 0.5) is 41.1 Å². The minimum atomic E-state index is -2.03. The lowest BCUT2D eigenvalue weighted by atomic mass is 9.89. The molecule has 6 saturated heterocycles. The molecule has 31 N–H and O–H groups in total. The van der Waals surface area contributed by atoms with E-state index < -0.39 is 189 Å². The summed E-state index contributed by atoms with van der Waals surface area (Å²) in [4.78, 5) is 67.3. The van der Waals surface area contributed by atoms with Gasteiger partial charge in [0.25, 0.3) is 5.56 Å². The van der Waals surface area contributed by atoms with Gasteiger partial charge in [-0.2, -0.15) is 35.3 Å². The fraction of sp³-hybridized carbons (Fsp3) is 0.446. The molecule has 2 aliphatic carbocycles. The van der Waals surface area contributed by atoms with Gasteiger partial charge in [0.05, 0.1) is 82.2 Å². The molecule has 8 fully saturated rings. The number of nitrogens with one attached hydrogen (secondary N) is 3.